The largest absolute Gasteiger partial charge is 0.477 e. The van der Waals surface area contributed by atoms with Crippen molar-refractivity contribution >= 4 is 22.8 Å². The first-order valence-corrected chi connectivity index (χ1v) is 7.21. The first kappa shape index (κ1) is 16.5. The van der Waals surface area contributed by atoms with Crippen LogP contribution < -0.4 is 5.56 Å². The average molecular weight is 343 g/mol. The summed E-state index contributed by atoms with van der Waals surface area (Å²) in [7, 11) is 0. The summed E-state index contributed by atoms with van der Waals surface area (Å²) < 4.78 is 26.0. The molecule has 0 aliphatic rings. The average Bonchev–Trinajstić information content (AvgIpc) is 2.60. The van der Waals surface area contributed by atoms with Crippen LogP contribution in [0.3, 0.4) is 0 Å². The molecule has 2 aromatic carbocycles. The maximum Gasteiger partial charge on any atom is 0.341 e. The molecule has 5 nitrogen and oxygen atoms in total. The number of hydrogen-bond acceptors (Lipinski definition) is 3. The first-order valence-electron chi connectivity index (χ1n) is 7.21. The fourth-order valence-electron chi connectivity index (χ4n) is 2.52. The van der Waals surface area contributed by atoms with Crippen LogP contribution in [0.1, 0.15) is 32.7 Å². The first-order chi connectivity index (χ1) is 11.9. The lowest BCUT2D eigenvalue weighted by Gasteiger charge is -2.11. The number of fused-ring (bicyclic) bond motifs is 1. The third kappa shape index (κ3) is 2.91. The lowest BCUT2D eigenvalue weighted by molar-refractivity contribution is 0.0694. The van der Waals surface area contributed by atoms with Gasteiger partial charge in [0.05, 0.1) is 5.52 Å². The summed E-state index contributed by atoms with van der Waals surface area (Å²) in [6.45, 7) is 0. The van der Waals surface area contributed by atoms with E-state index in [2.05, 4.69) is 0 Å². The number of pyridine rings is 1. The standard InChI is InChI=1S/C18H11F2NO4/c19-15(20)10-5-7-11(8-6-10)16(22)21-14-4-2-1-3-12(14)9-13(17(21)23)18(24)25/h1-9,15H,(H,24,25). The van der Waals surface area contributed by atoms with E-state index in [1.807, 2.05) is 0 Å². The van der Waals surface area contributed by atoms with Crippen LogP contribution >= 0.6 is 0 Å². The second-order valence-corrected chi connectivity index (χ2v) is 5.29. The SMILES string of the molecule is O=C(O)c1cc2ccccc2n(C(=O)c2ccc(C(F)F)cc2)c1=O. The Morgan fingerprint density at radius 1 is 1.00 bits per heavy atom. The highest BCUT2D eigenvalue weighted by Crippen LogP contribution is 2.20. The van der Waals surface area contributed by atoms with Gasteiger partial charge in [0.15, 0.2) is 0 Å². The molecule has 1 heterocycles. The van der Waals surface area contributed by atoms with Gasteiger partial charge in [-0.2, -0.15) is 0 Å². The molecule has 0 radical (unpaired) electrons. The molecule has 126 valence electrons. The minimum Gasteiger partial charge on any atom is -0.477 e. The Morgan fingerprint density at radius 2 is 1.64 bits per heavy atom. The monoisotopic (exact) mass is 343 g/mol. The molecule has 1 N–H and O–H groups in total. The highest BCUT2D eigenvalue weighted by atomic mass is 19.3. The van der Waals surface area contributed by atoms with E-state index in [4.69, 9.17) is 0 Å². The van der Waals surface area contributed by atoms with Crippen LogP contribution in [0.5, 0.6) is 0 Å². The smallest absolute Gasteiger partial charge is 0.341 e. The number of hydrogen-bond donors (Lipinski definition) is 1. The third-order valence-electron chi connectivity index (χ3n) is 3.75. The second-order valence-electron chi connectivity index (χ2n) is 5.29. The maximum atomic E-state index is 12.7. The van der Waals surface area contributed by atoms with Gasteiger partial charge in [-0.25, -0.2) is 18.1 Å². The van der Waals surface area contributed by atoms with E-state index in [1.54, 1.807) is 18.2 Å². The Balaban J connectivity index is 2.23. The van der Waals surface area contributed by atoms with Crippen molar-refractivity contribution < 1.29 is 23.5 Å². The molecule has 0 saturated heterocycles. The van der Waals surface area contributed by atoms with E-state index >= 15 is 0 Å². The Bertz CT molecular complexity index is 1040. The Kier molecular flexibility index (Phi) is 4.14. The van der Waals surface area contributed by atoms with Crippen molar-refractivity contribution in [3.63, 3.8) is 0 Å². The van der Waals surface area contributed by atoms with E-state index in [1.165, 1.54) is 24.3 Å². The molecule has 0 amide bonds. The minimum absolute atomic E-state index is 0.000748. The number of aromatic carboxylic acids is 1. The molecule has 1 aromatic heterocycles. The normalized spacial score (nSPS) is 11.0. The van der Waals surface area contributed by atoms with Crippen LogP contribution in [0.4, 0.5) is 8.78 Å². The van der Waals surface area contributed by atoms with Crippen LogP contribution in [0.15, 0.2) is 59.4 Å². The van der Waals surface area contributed by atoms with E-state index in [9.17, 15) is 28.3 Å². The van der Waals surface area contributed by atoms with Gasteiger partial charge >= 0.3 is 5.97 Å². The highest BCUT2D eigenvalue weighted by Gasteiger charge is 2.20. The fraction of sp³-hybridized carbons (Fsp3) is 0.0556. The molecule has 0 fully saturated rings. The fourth-order valence-corrected chi connectivity index (χ4v) is 2.52. The number of carbonyl (C=O) groups excluding carboxylic acids is 1. The van der Waals surface area contributed by atoms with Gasteiger partial charge in [-0.15, -0.1) is 0 Å². The Hall–Kier alpha value is -3.35. The third-order valence-corrected chi connectivity index (χ3v) is 3.75. The van der Waals surface area contributed by atoms with E-state index in [-0.39, 0.29) is 16.6 Å². The van der Waals surface area contributed by atoms with Gasteiger partial charge in [0, 0.05) is 11.1 Å². The number of nitrogens with zero attached hydrogens (tertiary/aromatic N) is 1. The zero-order valence-corrected chi connectivity index (χ0v) is 12.6. The maximum absolute atomic E-state index is 12.7. The van der Waals surface area contributed by atoms with Crippen LogP contribution in [0, 0.1) is 0 Å². The molecule has 0 bridgehead atoms. The number of halogens is 2. The van der Waals surface area contributed by atoms with Gasteiger partial charge in [-0.1, -0.05) is 30.3 Å². The second kappa shape index (κ2) is 6.27. The number of rotatable bonds is 3. The molecule has 3 aromatic rings. The van der Waals surface area contributed by atoms with Gasteiger partial charge in [0.25, 0.3) is 17.9 Å². The van der Waals surface area contributed by atoms with E-state index in [0.717, 1.165) is 16.7 Å². The molecular weight excluding hydrogens is 332 g/mol. The summed E-state index contributed by atoms with van der Waals surface area (Å²) in [4.78, 5) is 36.5. The highest BCUT2D eigenvalue weighted by molar-refractivity contribution is 6.03. The number of carboxylic acid groups (broad SMARTS) is 1. The summed E-state index contributed by atoms with van der Waals surface area (Å²) in [6.07, 6.45) is -2.68. The van der Waals surface area contributed by atoms with E-state index in [0.29, 0.717) is 5.39 Å². The van der Waals surface area contributed by atoms with Crippen LogP contribution in [0.25, 0.3) is 10.9 Å². The number of aromatic nitrogens is 1. The topological polar surface area (TPSA) is 76.4 Å². The molecule has 25 heavy (non-hydrogen) atoms. The van der Waals surface area contributed by atoms with Crippen molar-refractivity contribution in [1.82, 2.24) is 4.57 Å². The van der Waals surface area contributed by atoms with E-state index < -0.39 is 29.4 Å². The predicted octanol–water partition coefficient (Wildman–Crippen LogP) is 3.33. The lowest BCUT2D eigenvalue weighted by atomic mass is 10.1. The van der Waals surface area contributed by atoms with Crippen molar-refractivity contribution in [3.8, 4) is 0 Å². The molecular formula is C18H11F2NO4. The van der Waals surface area contributed by atoms with Crippen molar-refractivity contribution in [3.05, 3.63) is 81.6 Å². The summed E-state index contributed by atoms with van der Waals surface area (Å²) in [5.74, 6) is -2.24. The van der Waals surface area contributed by atoms with Gasteiger partial charge in [0.1, 0.15) is 5.56 Å². The number of benzene rings is 2. The van der Waals surface area contributed by atoms with Crippen LogP contribution in [-0.4, -0.2) is 21.6 Å². The van der Waals surface area contributed by atoms with Gasteiger partial charge in [-0.05, 0) is 29.7 Å². The molecule has 0 aliphatic heterocycles. The molecule has 0 aliphatic carbocycles. The van der Waals surface area contributed by atoms with Crippen molar-refractivity contribution in [2.75, 3.05) is 0 Å². The molecule has 7 heteroatoms. The number of carbonyl (C=O) groups is 2. The van der Waals surface area contributed by atoms with Gasteiger partial charge < -0.3 is 5.11 Å². The quantitative estimate of drug-likeness (QED) is 0.791. The molecule has 0 atom stereocenters. The molecule has 0 saturated carbocycles. The van der Waals surface area contributed by atoms with Crippen LogP contribution in [-0.2, 0) is 0 Å². The van der Waals surface area contributed by atoms with Crippen LogP contribution in [0.2, 0.25) is 0 Å². The number of alkyl halides is 2. The van der Waals surface area contributed by atoms with Gasteiger partial charge in [-0.3, -0.25) is 9.59 Å². The molecule has 0 spiro atoms. The summed E-state index contributed by atoms with van der Waals surface area (Å²) in [6, 6.07) is 12.1. The Morgan fingerprint density at radius 3 is 2.24 bits per heavy atom. The zero-order chi connectivity index (χ0) is 18.1. The predicted molar refractivity (Wildman–Crippen MR) is 86.3 cm³/mol. The van der Waals surface area contributed by atoms with Crippen molar-refractivity contribution in [2.24, 2.45) is 0 Å². The number of carboxylic acids is 1. The summed E-state index contributed by atoms with van der Waals surface area (Å²) in [5.41, 5.74) is -1.54. The number of para-hydroxylation sites is 1. The Labute approximate surface area is 139 Å². The zero-order valence-electron chi connectivity index (χ0n) is 12.6. The molecule has 3 rings (SSSR count). The van der Waals surface area contributed by atoms with Crippen molar-refractivity contribution in [1.29, 1.82) is 0 Å². The summed E-state index contributed by atoms with van der Waals surface area (Å²) >= 11 is 0. The molecule has 0 unspecified atom stereocenters. The van der Waals surface area contributed by atoms with Gasteiger partial charge in [0.2, 0.25) is 0 Å². The summed E-state index contributed by atoms with van der Waals surface area (Å²) in [5, 5.41) is 9.59. The van der Waals surface area contributed by atoms with Crippen molar-refractivity contribution in [2.45, 2.75) is 6.43 Å². The minimum atomic E-state index is -2.68. The lowest BCUT2D eigenvalue weighted by Crippen LogP contribution is -2.31.